The predicted octanol–water partition coefficient (Wildman–Crippen LogP) is 2.85. The number of aromatic amines is 1. The van der Waals surface area contributed by atoms with Crippen LogP contribution in [-0.2, 0) is 0 Å². The molecule has 29 heavy (non-hydrogen) atoms. The fourth-order valence-electron chi connectivity index (χ4n) is 5.24. The maximum Gasteiger partial charge on any atom is 0.271 e. The van der Waals surface area contributed by atoms with E-state index in [1.54, 1.807) is 0 Å². The van der Waals surface area contributed by atoms with Gasteiger partial charge >= 0.3 is 0 Å². The summed E-state index contributed by atoms with van der Waals surface area (Å²) in [6, 6.07) is 0. The lowest BCUT2D eigenvalue weighted by Gasteiger charge is -2.25. The van der Waals surface area contributed by atoms with E-state index < -0.39 is 11.4 Å². The number of fused-ring (bicyclic) bond motifs is 2. The van der Waals surface area contributed by atoms with Gasteiger partial charge in [-0.1, -0.05) is 11.5 Å². The van der Waals surface area contributed by atoms with Crippen molar-refractivity contribution < 1.29 is 4.39 Å². The summed E-state index contributed by atoms with van der Waals surface area (Å²) in [5.41, 5.74) is 8.69. The first-order valence-corrected chi connectivity index (χ1v) is 11.1. The SMILES string of the molecule is Cc1c(N2CC[C@@H](C3(N)CC3)C2)c(F)cn2c(=O)c3c(=O)[nH]sc3c(C3CC3)c12. The fourth-order valence-corrected chi connectivity index (χ4v) is 6.19. The monoisotopic (exact) mass is 414 g/mol. The molecule has 3 fully saturated rings. The number of nitrogens with zero attached hydrogens (tertiary/aromatic N) is 2. The van der Waals surface area contributed by atoms with E-state index in [2.05, 4.69) is 9.27 Å². The van der Waals surface area contributed by atoms with Gasteiger partial charge in [0.2, 0.25) is 0 Å². The Kier molecular flexibility index (Phi) is 3.47. The molecule has 0 bridgehead atoms. The summed E-state index contributed by atoms with van der Waals surface area (Å²) in [4.78, 5) is 27.4. The van der Waals surface area contributed by atoms with Crippen molar-refractivity contribution in [1.82, 2.24) is 8.77 Å². The molecular formula is C21H23FN4O2S. The number of hydrogen-bond donors (Lipinski definition) is 2. The van der Waals surface area contributed by atoms with Gasteiger partial charge in [-0.3, -0.25) is 18.4 Å². The van der Waals surface area contributed by atoms with Crippen LogP contribution in [0.4, 0.5) is 10.1 Å². The highest BCUT2D eigenvalue weighted by Gasteiger charge is 2.48. The maximum atomic E-state index is 15.3. The lowest BCUT2D eigenvalue weighted by atomic mass is 9.97. The summed E-state index contributed by atoms with van der Waals surface area (Å²) in [5, 5.41) is 0.154. The molecule has 0 spiro atoms. The van der Waals surface area contributed by atoms with Crippen molar-refractivity contribution in [2.75, 3.05) is 18.0 Å². The smallest absolute Gasteiger partial charge is 0.271 e. The van der Waals surface area contributed by atoms with E-state index in [1.165, 1.54) is 22.1 Å². The molecule has 6 rings (SSSR count). The molecule has 0 amide bonds. The van der Waals surface area contributed by atoms with Crippen molar-refractivity contribution >= 4 is 32.8 Å². The Labute approximate surface area is 170 Å². The number of halogens is 1. The third-order valence-corrected chi connectivity index (χ3v) is 8.10. The molecule has 2 aliphatic carbocycles. The van der Waals surface area contributed by atoms with Crippen molar-refractivity contribution in [1.29, 1.82) is 0 Å². The second-order valence-electron chi connectivity index (χ2n) is 9.06. The Hall–Kier alpha value is -2.19. The molecule has 3 aromatic rings. The average Bonchev–Trinajstić information content (AvgIpc) is 3.57. The largest absolute Gasteiger partial charge is 0.368 e. The third kappa shape index (κ3) is 2.42. The first-order valence-electron chi connectivity index (χ1n) is 10.3. The minimum atomic E-state index is -0.436. The van der Waals surface area contributed by atoms with Crippen LogP contribution in [-0.4, -0.2) is 27.4 Å². The zero-order chi connectivity index (χ0) is 20.1. The molecule has 8 heteroatoms. The predicted molar refractivity (Wildman–Crippen MR) is 113 cm³/mol. The van der Waals surface area contributed by atoms with E-state index in [0.29, 0.717) is 17.5 Å². The van der Waals surface area contributed by atoms with Crippen LogP contribution in [0.2, 0.25) is 0 Å². The van der Waals surface area contributed by atoms with E-state index in [4.69, 9.17) is 5.73 Å². The second kappa shape index (κ2) is 5.70. The highest BCUT2D eigenvalue weighted by atomic mass is 32.1. The minimum Gasteiger partial charge on any atom is -0.368 e. The van der Waals surface area contributed by atoms with Gasteiger partial charge in [0.15, 0.2) is 5.82 Å². The molecule has 4 heterocycles. The lowest BCUT2D eigenvalue weighted by molar-refractivity contribution is 0.442. The Morgan fingerprint density at radius 2 is 2.03 bits per heavy atom. The van der Waals surface area contributed by atoms with Crippen LogP contribution in [0.3, 0.4) is 0 Å². The first kappa shape index (κ1) is 17.7. The van der Waals surface area contributed by atoms with Gasteiger partial charge in [0.25, 0.3) is 11.1 Å². The molecule has 1 aliphatic heterocycles. The highest BCUT2D eigenvalue weighted by Crippen LogP contribution is 2.48. The van der Waals surface area contributed by atoms with Crippen molar-refractivity contribution in [3.8, 4) is 0 Å². The molecule has 1 atom stereocenters. The number of nitrogens with one attached hydrogen (secondary N) is 1. The number of nitrogens with two attached hydrogens (primary N) is 1. The Balaban J connectivity index is 1.61. The standard InChI is InChI=1S/C21H23FN4O2S/c1-10-16(25-7-4-12(8-25)21(23)5-6-21)13(22)9-26-17(10)14(11-2-3-11)18-15(20(26)28)19(27)24-29-18/h9,11-12H,2-8,23H2,1H3,(H,24,27)/t12-/m1/s1. The van der Waals surface area contributed by atoms with Gasteiger partial charge in [-0.05, 0) is 62.0 Å². The number of anilines is 1. The summed E-state index contributed by atoms with van der Waals surface area (Å²) in [7, 11) is 0. The van der Waals surface area contributed by atoms with E-state index in [-0.39, 0.29) is 16.5 Å². The van der Waals surface area contributed by atoms with E-state index in [1.807, 2.05) is 6.92 Å². The van der Waals surface area contributed by atoms with Gasteiger partial charge in [0, 0.05) is 18.6 Å². The number of rotatable bonds is 3. The van der Waals surface area contributed by atoms with Gasteiger partial charge in [-0.2, -0.15) is 0 Å². The molecule has 3 N–H and O–H groups in total. The van der Waals surface area contributed by atoms with E-state index in [9.17, 15) is 9.59 Å². The van der Waals surface area contributed by atoms with Gasteiger partial charge in [-0.15, -0.1) is 0 Å². The zero-order valence-electron chi connectivity index (χ0n) is 16.3. The van der Waals surface area contributed by atoms with Crippen LogP contribution in [0.15, 0.2) is 15.8 Å². The molecule has 3 aliphatic rings. The summed E-state index contributed by atoms with van der Waals surface area (Å²) in [5.74, 6) is 0.300. The maximum absolute atomic E-state index is 15.3. The number of hydrogen-bond acceptors (Lipinski definition) is 5. The Morgan fingerprint density at radius 3 is 2.72 bits per heavy atom. The summed E-state index contributed by atoms with van der Waals surface area (Å²) >= 11 is 1.23. The molecule has 2 saturated carbocycles. The van der Waals surface area contributed by atoms with Gasteiger partial charge in [0.05, 0.1) is 22.1 Å². The van der Waals surface area contributed by atoms with Crippen molar-refractivity contribution in [3.63, 3.8) is 0 Å². The normalized spacial score (nSPS) is 23.4. The van der Waals surface area contributed by atoms with Gasteiger partial charge in [0.1, 0.15) is 5.39 Å². The molecular weight excluding hydrogens is 391 g/mol. The van der Waals surface area contributed by atoms with E-state index in [0.717, 1.165) is 66.5 Å². The zero-order valence-corrected chi connectivity index (χ0v) is 17.1. The first-order chi connectivity index (χ1) is 13.9. The molecule has 152 valence electrons. The number of aromatic nitrogens is 2. The second-order valence-corrected chi connectivity index (χ2v) is 9.88. The number of pyridine rings is 2. The van der Waals surface area contributed by atoms with Gasteiger partial charge < -0.3 is 10.6 Å². The minimum absolute atomic E-state index is 0.0738. The molecule has 0 radical (unpaired) electrons. The molecule has 6 nitrogen and oxygen atoms in total. The third-order valence-electron chi connectivity index (χ3n) is 7.18. The summed E-state index contributed by atoms with van der Waals surface area (Å²) in [6.45, 7) is 3.44. The molecule has 3 aromatic heterocycles. The van der Waals surface area contributed by atoms with Crippen LogP contribution in [0.25, 0.3) is 15.6 Å². The Morgan fingerprint density at radius 1 is 1.28 bits per heavy atom. The fraction of sp³-hybridized carbons (Fsp3) is 0.524. The number of aryl methyl sites for hydroxylation is 1. The summed E-state index contributed by atoms with van der Waals surface area (Å²) in [6.07, 6.45) is 6.42. The van der Waals surface area contributed by atoms with Crippen LogP contribution in [0.5, 0.6) is 0 Å². The molecule has 0 aromatic carbocycles. The molecule has 0 unspecified atom stereocenters. The average molecular weight is 415 g/mol. The number of H-pyrrole nitrogens is 1. The highest BCUT2D eigenvalue weighted by molar-refractivity contribution is 7.13. The van der Waals surface area contributed by atoms with Crippen molar-refractivity contribution in [3.05, 3.63) is 43.8 Å². The topological polar surface area (TPSA) is 83.6 Å². The summed E-state index contributed by atoms with van der Waals surface area (Å²) < 4.78 is 20.1. The van der Waals surface area contributed by atoms with Crippen molar-refractivity contribution in [2.45, 2.75) is 50.5 Å². The van der Waals surface area contributed by atoms with Crippen LogP contribution in [0, 0.1) is 18.7 Å². The van der Waals surface area contributed by atoms with Crippen LogP contribution in [0.1, 0.15) is 49.1 Å². The lowest BCUT2D eigenvalue weighted by Crippen LogP contribution is -2.35. The van der Waals surface area contributed by atoms with Crippen LogP contribution < -0.4 is 21.8 Å². The molecule has 1 saturated heterocycles. The van der Waals surface area contributed by atoms with Gasteiger partial charge in [-0.25, -0.2) is 4.39 Å². The van der Waals surface area contributed by atoms with Crippen molar-refractivity contribution in [2.24, 2.45) is 11.7 Å². The van der Waals surface area contributed by atoms with Crippen LogP contribution >= 0.6 is 11.5 Å². The Bertz CT molecular complexity index is 1300. The quantitative estimate of drug-likeness (QED) is 0.690. The van der Waals surface area contributed by atoms with E-state index >= 15 is 4.39 Å².